The Kier molecular flexibility index (Phi) is 5.25. The van der Waals surface area contributed by atoms with Gasteiger partial charge in [0.2, 0.25) is 5.91 Å². The molecule has 1 amide bonds. The van der Waals surface area contributed by atoms with E-state index in [1.54, 1.807) is 51.1 Å². The Bertz CT molecular complexity index is 1020. The zero-order valence-corrected chi connectivity index (χ0v) is 17.1. The van der Waals surface area contributed by atoms with E-state index in [1.807, 2.05) is 6.92 Å². The molecule has 1 heterocycles. The van der Waals surface area contributed by atoms with Gasteiger partial charge in [-0.3, -0.25) is 9.52 Å². The summed E-state index contributed by atoms with van der Waals surface area (Å²) in [6.07, 6.45) is 0. The van der Waals surface area contributed by atoms with Crippen LogP contribution in [0.25, 0.3) is 0 Å². The Morgan fingerprint density at radius 1 is 1.21 bits per heavy atom. The van der Waals surface area contributed by atoms with E-state index in [1.165, 1.54) is 6.07 Å². The maximum Gasteiger partial charge on any atom is 0.261 e. The average molecular weight is 404 g/mol. The van der Waals surface area contributed by atoms with Crippen molar-refractivity contribution in [3.8, 4) is 11.5 Å². The number of amides is 1. The minimum Gasteiger partial charge on any atom is -0.494 e. The molecule has 8 heteroatoms. The van der Waals surface area contributed by atoms with E-state index in [0.717, 1.165) is 5.56 Å². The van der Waals surface area contributed by atoms with Gasteiger partial charge in [-0.25, -0.2) is 8.42 Å². The minimum atomic E-state index is -3.80. The molecular formula is C20H24N2O5S. The van der Waals surface area contributed by atoms with Gasteiger partial charge in [-0.05, 0) is 69.7 Å². The van der Waals surface area contributed by atoms with Crippen molar-refractivity contribution in [2.75, 3.05) is 23.3 Å². The molecule has 0 spiro atoms. The highest BCUT2D eigenvalue weighted by atomic mass is 32.2. The van der Waals surface area contributed by atoms with E-state index in [4.69, 9.17) is 9.47 Å². The first-order valence-corrected chi connectivity index (χ1v) is 10.5. The summed E-state index contributed by atoms with van der Waals surface area (Å²) in [5.74, 6) is 0.959. The Hall–Kier alpha value is -2.74. The van der Waals surface area contributed by atoms with Gasteiger partial charge in [-0.1, -0.05) is 0 Å². The van der Waals surface area contributed by atoms with Crippen molar-refractivity contribution < 1.29 is 22.7 Å². The second-order valence-electron chi connectivity index (χ2n) is 7.30. The summed E-state index contributed by atoms with van der Waals surface area (Å²) < 4.78 is 39.2. The van der Waals surface area contributed by atoms with Crippen LogP contribution >= 0.6 is 0 Å². The first-order chi connectivity index (χ1) is 13.1. The predicted molar refractivity (Wildman–Crippen MR) is 108 cm³/mol. The van der Waals surface area contributed by atoms with Crippen LogP contribution in [0.1, 0.15) is 26.3 Å². The largest absolute Gasteiger partial charge is 0.494 e. The van der Waals surface area contributed by atoms with Crippen molar-refractivity contribution in [2.24, 2.45) is 5.41 Å². The molecule has 0 bridgehead atoms. The van der Waals surface area contributed by atoms with Crippen LogP contribution in [0.4, 0.5) is 11.4 Å². The van der Waals surface area contributed by atoms with Gasteiger partial charge in [0.15, 0.2) is 0 Å². The first-order valence-electron chi connectivity index (χ1n) is 8.97. The Morgan fingerprint density at radius 2 is 1.96 bits per heavy atom. The molecule has 2 N–H and O–H groups in total. The Morgan fingerprint density at radius 3 is 2.64 bits per heavy atom. The normalized spacial score (nSPS) is 15.6. The Labute approximate surface area is 165 Å². The third kappa shape index (κ3) is 4.06. The summed E-state index contributed by atoms with van der Waals surface area (Å²) >= 11 is 0. The number of nitrogens with one attached hydrogen (secondary N) is 2. The van der Waals surface area contributed by atoms with Crippen molar-refractivity contribution in [3.63, 3.8) is 0 Å². The zero-order chi connectivity index (χ0) is 20.5. The van der Waals surface area contributed by atoms with E-state index in [2.05, 4.69) is 10.0 Å². The highest BCUT2D eigenvalue weighted by Gasteiger charge is 2.32. The van der Waals surface area contributed by atoms with Gasteiger partial charge in [-0.2, -0.15) is 0 Å². The van der Waals surface area contributed by atoms with Gasteiger partial charge in [-0.15, -0.1) is 0 Å². The molecule has 0 saturated carbocycles. The van der Waals surface area contributed by atoms with Gasteiger partial charge in [0.05, 0.1) is 28.3 Å². The van der Waals surface area contributed by atoms with Crippen LogP contribution in [0.15, 0.2) is 41.3 Å². The molecule has 2 aromatic rings. The summed E-state index contributed by atoms with van der Waals surface area (Å²) in [4.78, 5) is 12.4. The summed E-state index contributed by atoms with van der Waals surface area (Å²) in [7, 11) is -3.80. The molecule has 0 unspecified atom stereocenters. The van der Waals surface area contributed by atoms with Crippen LogP contribution in [0.3, 0.4) is 0 Å². The highest BCUT2D eigenvalue weighted by molar-refractivity contribution is 7.92. The number of carbonyl (C=O) groups is 1. The summed E-state index contributed by atoms with van der Waals surface area (Å²) in [6, 6.07) is 9.48. The summed E-state index contributed by atoms with van der Waals surface area (Å²) in [5.41, 5.74) is 0.806. The van der Waals surface area contributed by atoms with Crippen LogP contribution in [0.2, 0.25) is 0 Å². The molecule has 1 aliphatic heterocycles. The van der Waals surface area contributed by atoms with Crippen molar-refractivity contribution in [3.05, 3.63) is 42.0 Å². The molecule has 0 atom stereocenters. The number of anilines is 2. The van der Waals surface area contributed by atoms with Crippen molar-refractivity contribution >= 4 is 27.3 Å². The van der Waals surface area contributed by atoms with Crippen molar-refractivity contribution in [1.29, 1.82) is 0 Å². The van der Waals surface area contributed by atoms with E-state index in [9.17, 15) is 13.2 Å². The number of carbonyl (C=O) groups excluding carboxylic acids is 1. The van der Waals surface area contributed by atoms with Crippen molar-refractivity contribution in [1.82, 2.24) is 0 Å². The molecule has 7 nitrogen and oxygen atoms in total. The maximum absolute atomic E-state index is 12.8. The fourth-order valence-corrected chi connectivity index (χ4v) is 3.89. The lowest BCUT2D eigenvalue weighted by Crippen LogP contribution is -2.33. The van der Waals surface area contributed by atoms with Crippen LogP contribution in [0, 0.1) is 12.3 Å². The lowest BCUT2D eigenvalue weighted by molar-refractivity contribution is -0.124. The number of aryl methyl sites for hydroxylation is 1. The molecule has 150 valence electrons. The number of sulfonamides is 1. The van der Waals surface area contributed by atoms with E-state index in [-0.39, 0.29) is 17.4 Å². The predicted octanol–water partition coefficient (Wildman–Crippen LogP) is 3.55. The molecule has 0 radical (unpaired) electrons. The van der Waals surface area contributed by atoms with Gasteiger partial charge in [0, 0.05) is 0 Å². The SMILES string of the molecule is CCOc1ccc(S(=O)(=O)Nc2ccc3c(c2)NC(=O)C(C)(C)CO3)cc1C. The van der Waals surface area contributed by atoms with E-state index < -0.39 is 15.4 Å². The number of hydrogen-bond donors (Lipinski definition) is 2. The lowest BCUT2D eigenvalue weighted by atomic mass is 9.94. The smallest absolute Gasteiger partial charge is 0.261 e. The molecule has 0 aromatic heterocycles. The molecule has 0 fully saturated rings. The van der Waals surface area contributed by atoms with Gasteiger partial charge in [0.25, 0.3) is 10.0 Å². The molecular weight excluding hydrogens is 380 g/mol. The van der Waals surface area contributed by atoms with Crippen LogP contribution in [-0.2, 0) is 14.8 Å². The van der Waals surface area contributed by atoms with E-state index in [0.29, 0.717) is 29.5 Å². The molecule has 1 aliphatic rings. The molecule has 28 heavy (non-hydrogen) atoms. The lowest BCUT2D eigenvalue weighted by Gasteiger charge is -2.18. The quantitative estimate of drug-likeness (QED) is 0.795. The molecule has 0 aliphatic carbocycles. The summed E-state index contributed by atoms with van der Waals surface area (Å²) in [6.45, 7) is 7.97. The second kappa shape index (κ2) is 7.35. The Balaban J connectivity index is 1.86. The van der Waals surface area contributed by atoms with E-state index >= 15 is 0 Å². The number of benzene rings is 2. The third-order valence-electron chi connectivity index (χ3n) is 4.44. The van der Waals surface area contributed by atoms with Gasteiger partial charge in [0.1, 0.15) is 18.1 Å². The minimum absolute atomic E-state index is 0.129. The topological polar surface area (TPSA) is 93.7 Å². The number of hydrogen-bond acceptors (Lipinski definition) is 5. The standard InChI is InChI=1S/C20H24N2O5S/c1-5-26-17-9-7-15(10-13(17)2)28(24,25)22-14-6-8-18-16(11-14)21-19(23)20(3,4)12-27-18/h6-11,22H,5,12H2,1-4H3,(H,21,23). The third-order valence-corrected chi connectivity index (χ3v) is 5.82. The average Bonchev–Trinajstić information content (AvgIpc) is 2.72. The highest BCUT2D eigenvalue weighted by Crippen LogP contribution is 2.34. The van der Waals surface area contributed by atoms with Gasteiger partial charge >= 0.3 is 0 Å². The maximum atomic E-state index is 12.8. The van der Waals surface area contributed by atoms with Crippen LogP contribution in [0.5, 0.6) is 11.5 Å². The summed E-state index contributed by atoms with van der Waals surface area (Å²) in [5, 5.41) is 2.79. The van der Waals surface area contributed by atoms with Gasteiger partial charge < -0.3 is 14.8 Å². The zero-order valence-electron chi connectivity index (χ0n) is 16.3. The first kappa shape index (κ1) is 20.0. The number of rotatable bonds is 5. The fraction of sp³-hybridized carbons (Fsp3) is 0.350. The number of ether oxygens (including phenoxy) is 2. The van der Waals surface area contributed by atoms with Crippen molar-refractivity contribution in [2.45, 2.75) is 32.6 Å². The number of fused-ring (bicyclic) bond motifs is 1. The second-order valence-corrected chi connectivity index (χ2v) is 8.99. The van der Waals surface area contributed by atoms with Crippen LogP contribution < -0.4 is 19.5 Å². The monoisotopic (exact) mass is 404 g/mol. The molecule has 2 aromatic carbocycles. The molecule has 3 rings (SSSR count). The fourth-order valence-electron chi connectivity index (χ4n) is 2.75. The molecule has 0 saturated heterocycles. The van der Waals surface area contributed by atoms with Crippen LogP contribution in [-0.4, -0.2) is 27.5 Å².